The monoisotopic (exact) mass is 381 g/mol. The number of halogens is 4. The fraction of sp³-hybridized carbons (Fsp3) is 0.263. The van der Waals surface area contributed by atoms with Gasteiger partial charge in [-0.15, -0.1) is 0 Å². The van der Waals surface area contributed by atoms with Crippen molar-refractivity contribution in [3.63, 3.8) is 0 Å². The molecule has 2 aromatic rings. The van der Waals surface area contributed by atoms with Gasteiger partial charge in [0.05, 0.1) is 23.9 Å². The molecule has 0 spiro atoms. The van der Waals surface area contributed by atoms with E-state index in [4.69, 9.17) is 0 Å². The number of carbonyl (C=O) groups is 2. The molecule has 27 heavy (non-hydrogen) atoms. The number of anilines is 1. The minimum absolute atomic E-state index is 0.0453. The predicted molar refractivity (Wildman–Crippen MR) is 88.7 cm³/mol. The highest BCUT2D eigenvalue weighted by Crippen LogP contribution is 2.51. The molecule has 1 aliphatic rings. The lowest BCUT2D eigenvalue weighted by atomic mass is 10.0. The molecule has 1 fully saturated rings. The van der Waals surface area contributed by atoms with Gasteiger partial charge in [-0.05, 0) is 42.2 Å². The first-order valence-corrected chi connectivity index (χ1v) is 8.07. The second-order valence-corrected chi connectivity index (χ2v) is 6.21. The van der Waals surface area contributed by atoms with E-state index in [-0.39, 0.29) is 23.2 Å². The van der Waals surface area contributed by atoms with Gasteiger partial charge in [0.15, 0.2) is 0 Å². The molecule has 1 N–H and O–H groups in total. The van der Waals surface area contributed by atoms with Gasteiger partial charge in [-0.1, -0.05) is 18.2 Å². The minimum atomic E-state index is -4.51. The summed E-state index contributed by atoms with van der Waals surface area (Å²) in [6.45, 7) is 0. The van der Waals surface area contributed by atoms with Crippen LogP contribution in [0, 0.1) is 11.7 Å². The summed E-state index contributed by atoms with van der Waals surface area (Å²) in [7, 11) is 1.16. The zero-order valence-electron chi connectivity index (χ0n) is 14.1. The molecule has 0 heterocycles. The summed E-state index contributed by atoms with van der Waals surface area (Å²) in [5, 5.41) is 2.35. The summed E-state index contributed by atoms with van der Waals surface area (Å²) in [6, 6.07) is 8.43. The number of methoxy groups -OCH3 is 1. The number of esters is 1. The second-order valence-electron chi connectivity index (χ2n) is 6.21. The van der Waals surface area contributed by atoms with Crippen molar-refractivity contribution in [2.75, 3.05) is 12.4 Å². The van der Waals surface area contributed by atoms with E-state index >= 15 is 0 Å². The third kappa shape index (κ3) is 3.94. The van der Waals surface area contributed by atoms with Gasteiger partial charge in [-0.2, -0.15) is 13.2 Å². The average molecular weight is 381 g/mol. The predicted octanol–water partition coefficient (Wildman–Crippen LogP) is 4.37. The van der Waals surface area contributed by atoms with Gasteiger partial charge < -0.3 is 10.1 Å². The van der Waals surface area contributed by atoms with Crippen molar-refractivity contribution in [3.05, 3.63) is 65.0 Å². The highest BCUT2D eigenvalue weighted by Gasteiger charge is 2.47. The van der Waals surface area contributed by atoms with Crippen molar-refractivity contribution in [2.45, 2.75) is 18.5 Å². The molecule has 3 rings (SSSR count). The summed E-state index contributed by atoms with van der Waals surface area (Å²) in [6.07, 6.45) is -4.28. The molecule has 8 heteroatoms. The number of ether oxygens (including phenoxy) is 1. The van der Waals surface area contributed by atoms with Crippen LogP contribution in [-0.4, -0.2) is 19.0 Å². The minimum Gasteiger partial charge on any atom is -0.465 e. The SMILES string of the molecule is COC(=O)c1ccc(F)c(NC(=O)C2CC2c2ccccc2C(F)(F)F)c1. The molecule has 1 aliphatic carbocycles. The van der Waals surface area contributed by atoms with E-state index in [9.17, 15) is 27.2 Å². The molecule has 0 saturated heterocycles. The van der Waals surface area contributed by atoms with Gasteiger partial charge in [0, 0.05) is 5.92 Å². The lowest BCUT2D eigenvalue weighted by molar-refractivity contribution is -0.138. The Morgan fingerprint density at radius 2 is 1.85 bits per heavy atom. The van der Waals surface area contributed by atoms with Crippen LogP contribution in [0.2, 0.25) is 0 Å². The van der Waals surface area contributed by atoms with Gasteiger partial charge in [0.25, 0.3) is 0 Å². The molecular weight excluding hydrogens is 366 g/mol. The molecule has 142 valence electrons. The Labute approximate surface area is 152 Å². The smallest absolute Gasteiger partial charge is 0.416 e. The third-order valence-electron chi connectivity index (χ3n) is 4.44. The third-order valence-corrected chi connectivity index (χ3v) is 4.44. The Bertz CT molecular complexity index is 895. The highest BCUT2D eigenvalue weighted by atomic mass is 19.4. The van der Waals surface area contributed by atoms with Crippen LogP contribution < -0.4 is 5.32 Å². The summed E-state index contributed by atoms with van der Waals surface area (Å²) in [5.41, 5.74) is -0.903. The van der Waals surface area contributed by atoms with Crippen LogP contribution in [0.4, 0.5) is 23.2 Å². The molecule has 0 radical (unpaired) electrons. The largest absolute Gasteiger partial charge is 0.465 e. The maximum absolute atomic E-state index is 13.9. The Morgan fingerprint density at radius 3 is 2.52 bits per heavy atom. The number of carbonyl (C=O) groups excluding carboxylic acids is 2. The Morgan fingerprint density at radius 1 is 1.15 bits per heavy atom. The van der Waals surface area contributed by atoms with Crippen LogP contribution in [-0.2, 0) is 15.7 Å². The van der Waals surface area contributed by atoms with Crippen molar-refractivity contribution in [1.29, 1.82) is 0 Å². The van der Waals surface area contributed by atoms with Crippen molar-refractivity contribution in [2.24, 2.45) is 5.92 Å². The zero-order valence-corrected chi connectivity index (χ0v) is 14.1. The molecule has 0 aliphatic heterocycles. The van der Waals surface area contributed by atoms with Crippen molar-refractivity contribution in [1.82, 2.24) is 0 Å². The molecule has 2 atom stereocenters. The standard InChI is InChI=1S/C19H15F4NO3/c1-27-18(26)10-6-7-15(20)16(8-10)24-17(25)13-9-12(13)11-4-2-3-5-14(11)19(21,22)23/h2-8,12-13H,9H2,1H3,(H,24,25). The zero-order chi connectivity index (χ0) is 19.8. The molecular formula is C19H15F4NO3. The van der Waals surface area contributed by atoms with Crippen LogP contribution in [0.1, 0.15) is 33.8 Å². The van der Waals surface area contributed by atoms with Crippen LogP contribution in [0.3, 0.4) is 0 Å². The van der Waals surface area contributed by atoms with Crippen molar-refractivity contribution >= 4 is 17.6 Å². The first kappa shape index (κ1) is 18.9. The van der Waals surface area contributed by atoms with E-state index in [1.807, 2.05) is 0 Å². The number of rotatable bonds is 4. The van der Waals surface area contributed by atoms with E-state index in [1.165, 1.54) is 24.3 Å². The van der Waals surface area contributed by atoms with E-state index in [0.29, 0.717) is 0 Å². The summed E-state index contributed by atoms with van der Waals surface area (Å²) < 4.78 is 57.8. The maximum Gasteiger partial charge on any atom is 0.416 e. The van der Waals surface area contributed by atoms with Crippen molar-refractivity contribution in [3.8, 4) is 0 Å². The fourth-order valence-corrected chi connectivity index (χ4v) is 3.00. The van der Waals surface area contributed by atoms with Crippen LogP contribution >= 0.6 is 0 Å². The molecule has 0 bridgehead atoms. The van der Waals surface area contributed by atoms with E-state index in [1.54, 1.807) is 0 Å². The number of nitrogens with one attached hydrogen (secondary N) is 1. The highest BCUT2D eigenvalue weighted by molar-refractivity contribution is 5.97. The molecule has 2 aromatic carbocycles. The quantitative estimate of drug-likeness (QED) is 0.632. The normalized spacial score (nSPS) is 18.7. The van der Waals surface area contributed by atoms with Crippen molar-refractivity contribution < 1.29 is 31.9 Å². The lowest BCUT2D eigenvalue weighted by Crippen LogP contribution is -2.17. The Kier molecular flexibility index (Phi) is 4.91. The lowest BCUT2D eigenvalue weighted by Gasteiger charge is -2.12. The number of alkyl halides is 3. The van der Waals surface area contributed by atoms with Gasteiger partial charge in [-0.25, -0.2) is 9.18 Å². The summed E-state index contributed by atoms with van der Waals surface area (Å²) >= 11 is 0. The van der Waals surface area contributed by atoms with Crippen LogP contribution in [0.15, 0.2) is 42.5 Å². The number of benzene rings is 2. The fourth-order valence-electron chi connectivity index (χ4n) is 3.00. The van der Waals surface area contributed by atoms with Gasteiger partial charge in [0.2, 0.25) is 5.91 Å². The topological polar surface area (TPSA) is 55.4 Å². The first-order chi connectivity index (χ1) is 12.7. The Hall–Kier alpha value is -2.90. The number of hydrogen-bond acceptors (Lipinski definition) is 3. The number of amides is 1. The summed E-state index contributed by atoms with van der Waals surface area (Å²) in [5.74, 6) is -3.35. The molecule has 2 unspecified atom stereocenters. The van der Waals surface area contributed by atoms with E-state index in [2.05, 4.69) is 10.1 Å². The van der Waals surface area contributed by atoms with Gasteiger partial charge in [0.1, 0.15) is 5.82 Å². The van der Waals surface area contributed by atoms with Crippen LogP contribution in [0.25, 0.3) is 0 Å². The van der Waals surface area contributed by atoms with Gasteiger partial charge >= 0.3 is 12.1 Å². The average Bonchev–Trinajstić information content (AvgIpc) is 3.43. The van der Waals surface area contributed by atoms with Gasteiger partial charge in [-0.3, -0.25) is 4.79 Å². The molecule has 0 aromatic heterocycles. The summed E-state index contributed by atoms with van der Waals surface area (Å²) in [4.78, 5) is 23.9. The van der Waals surface area contributed by atoms with E-state index in [0.717, 1.165) is 25.3 Å². The second kappa shape index (κ2) is 7.02. The number of hydrogen-bond donors (Lipinski definition) is 1. The molecule has 1 saturated carbocycles. The molecule has 4 nitrogen and oxygen atoms in total. The molecule has 1 amide bonds. The van der Waals surface area contributed by atoms with Crippen LogP contribution in [0.5, 0.6) is 0 Å². The first-order valence-electron chi connectivity index (χ1n) is 8.07. The van der Waals surface area contributed by atoms with E-state index < -0.39 is 41.3 Å². The maximum atomic E-state index is 13.9. The Balaban J connectivity index is 1.76.